The van der Waals surface area contributed by atoms with Gasteiger partial charge in [0.1, 0.15) is 5.56 Å². The SMILES string of the molecule is CCOc1ncccc1C(=O)OC(C(=O)Nc1cc(Cl)cc(Cl)c1)c1ccccc1. The Balaban J connectivity index is 1.88. The predicted molar refractivity (Wildman–Crippen MR) is 115 cm³/mol. The standard InChI is InChI=1S/C22H18Cl2N2O4/c1-2-29-21-18(9-6-10-25-21)22(28)30-19(14-7-4-3-5-8-14)20(27)26-17-12-15(23)11-16(24)13-17/h3-13,19H,2H2,1H3,(H,26,27). The van der Waals surface area contributed by atoms with Crippen LogP contribution in [0.2, 0.25) is 10.0 Å². The van der Waals surface area contributed by atoms with E-state index < -0.39 is 18.0 Å². The molecule has 30 heavy (non-hydrogen) atoms. The number of amides is 1. The molecule has 2 aromatic carbocycles. The molecule has 1 unspecified atom stereocenters. The summed E-state index contributed by atoms with van der Waals surface area (Å²) in [6.07, 6.45) is 0.289. The van der Waals surface area contributed by atoms with Crippen molar-refractivity contribution in [1.29, 1.82) is 0 Å². The van der Waals surface area contributed by atoms with E-state index in [4.69, 9.17) is 32.7 Å². The van der Waals surface area contributed by atoms with E-state index >= 15 is 0 Å². The average Bonchev–Trinajstić information content (AvgIpc) is 2.72. The Morgan fingerprint density at radius 1 is 1.03 bits per heavy atom. The summed E-state index contributed by atoms with van der Waals surface area (Å²) in [4.78, 5) is 29.9. The molecular weight excluding hydrogens is 427 g/mol. The van der Waals surface area contributed by atoms with Crippen molar-refractivity contribution in [1.82, 2.24) is 4.98 Å². The summed E-state index contributed by atoms with van der Waals surface area (Å²) in [5, 5.41) is 3.41. The van der Waals surface area contributed by atoms with Crippen LogP contribution in [0.4, 0.5) is 5.69 Å². The van der Waals surface area contributed by atoms with E-state index in [2.05, 4.69) is 10.3 Å². The van der Waals surface area contributed by atoms with Crippen LogP contribution in [0.5, 0.6) is 5.88 Å². The van der Waals surface area contributed by atoms with Crippen LogP contribution >= 0.6 is 23.2 Å². The molecule has 1 amide bonds. The summed E-state index contributed by atoms with van der Waals surface area (Å²) in [5.74, 6) is -1.16. The number of ether oxygens (including phenoxy) is 2. The quantitative estimate of drug-likeness (QED) is 0.498. The Morgan fingerprint density at radius 3 is 2.40 bits per heavy atom. The van der Waals surface area contributed by atoms with E-state index in [1.54, 1.807) is 61.5 Å². The number of nitrogens with zero attached hydrogens (tertiary/aromatic N) is 1. The van der Waals surface area contributed by atoms with Crippen molar-refractivity contribution < 1.29 is 19.1 Å². The minimum Gasteiger partial charge on any atom is -0.477 e. The summed E-state index contributed by atoms with van der Waals surface area (Å²) in [5.41, 5.74) is 1.00. The summed E-state index contributed by atoms with van der Waals surface area (Å²) in [6.45, 7) is 2.11. The molecule has 3 rings (SSSR count). The van der Waals surface area contributed by atoms with Gasteiger partial charge >= 0.3 is 5.97 Å². The smallest absolute Gasteiger partial charge is 0.344 e. The third kappa shape index (κ3) is 5.49. The number of esters is 1. The molecule has 0 spiro atoms. The minimum atomic E-state index is -1.22. The molecule has 0 fully saturated rings. The lowest BCUT2D eigenvalue weighted by Crippen LogP contribution is -2.26. The van der Waals surface area contributed by atoms with Crippen molar-refractivity contribution in [3.8, 4) is 5.88 Å². The fourth-order valence-electron chi connectivity index (χ4n) is 2.70. The molecule has 154 valence electrons. The molecule has 0 bridgehead atoms. The molecule has 0 aliphatic carbocycles. The van der Waals surface area contributed by atoms with Gasteiger partial charge in [-0.3, -0.25) is 4.79 Å². The van der Waals surface area contributed by atoms with Crippen LogP contribution in [0, 0.1) is 0 Å². The van der Waals surface area contributed by atoms with E-state index in [9.17, 15) is 9.59 Å². The number of nitrogens with one attached hydrogen (secondary N) is 1. The van der Waals surface area contributed by atoms with Crippen molar-refractivity contribution in [2.45, 2.75) is 13.0 Å². The van der Waals surface area contributed by atoms with E-state index in [1.807, 2.05) is 0 Å². The normalized spacial score (nSPS) is 11.4. The van der Waals surface area contributed by atoms with Crippen molar-refractivity contribution in [3.05, 3.63) is 88.0 Å². The van der Waals surface area contributed by atoms with Gasteiger partial charge in [0.2, 0.25) is 12.0 Å². The Bertz CT molecular complexity index is 1020. The third-order valence-corrected chi connectivity index (χ3v) is 4.40. The molecule has 1 heterocycles. The topological polar surface area (TPSA) is 77.5 Å². The molecular formula is C22H18Cl2N2O4. The van der Waals surface area contributed by atoms with Gasteiger partial charge in [-0.25, -0.2) is 9.78 Å². The summed E-state index contributed by atoms with van der Waals surface area (Å²) >= 11 is 12.0. The van der Waals surface area contributed by atoms with Crippen LogP contribution in [0.1, 0.15) is 28.9 Å². The van der Waals surface area contributed by atoms with Crippen molar-refractivity contribution in [3.63, 3.8) is 0 Å². The number of carbonyl (C=O) groups excluding carboxylic acids is 2. The van der Waals surface area contributed by atoms with Gasteiger partial charge in [-0.2, -0.15) is 0 Å². The third-order valence-electron chi connectivity index (χ3n) is 3.97. The van der Waals surface area contributed by atoms with Gasteiger partial charge in [-0.1, -0.05) is 53.5 Å². The van der Waals surface area contributed by atoms with E-state index in [1.165, 1.54) is 12.3 Å². The van der Waals surface area contributed by atoms with Gasteiger partial charge in [0.25, 0.3) is 5.91 Å². The maximum Gasteiger partial charge on any atom is 0.344 e. The van der Waals surface area contributed by atoms with Crippen LogP contribution in [-0.4, -0.2) is 23.5 Å². The number of hydrogen-bond acceptors (Lipinski definition) is 5. The second-order valence-electron chi connectivity index (χ2n) is 6.13. The lowest BCUT2D eigenvalue weighted by atomic mass is 10.1. The highest BCUT2D eigenvalue weighted by molar-refractivity contribution is 6.35. The van der Waals surface area contributed by atoms with Gasteiger partial charge in [0, 0.05) is 27.5 Å². The Labute approximate surface area is 183 Å². The van der Waals surface area contributed by atoms with E-state index in [0.717, 1.165) is 0 Å². The molecule has 1 aromatic heterocycles. The molecule has 0 radical (unpaired) electrons. The number of aromatic nitrogens is 1. The van der Waals surface area contributed by atoms with E-state index in [0.29, 0.717) is 27.9 Å². The highest BCUT2D eigenvalue weighted by Crippen LogP contribution is 2.26. The first-order chi connectivity index (χ1) is 14.5. The van der Waals surface area contributed by atoms with Crippen LogP contribution in [-0.2, 0) is 9.53 Å². The number of hydrogen-bond donors (Lipinski definition) is 1. The Hall–Kier alpha value is -3.09. The zero-order chi connectivity index (χ0) is 21.5. The van der Waals surface area contributed by atoms with Crippen molar-refractivity contribution in [2.24, 2.45) is 0 Å². The molecule has 1 N–H and O–H groups in total. The fourth-order valence-corrected chi connectivity index (χ4v) is 3.23. The lowest BCUT2D eigenvalue weighted by molar-refractivity contribution is -0.125. The second kappa shape index (κ2) is 10.1. The highest BCUT2D eigenvalue weighted by atomic mass is 35.5. The molecule has 0 saturated carbocycles. The molecule has 0 saturated heterocycles. The number of benzene rings is 2. The summed E-state index contributed by atoms with van der Waals surface area (Å²) in [7, 11) is 0. The van der Waals surface area contributed by atoms with Crippen molar-refractivity contribution >= 4 is 40.8 Å². The van der Waals surface area contributed by atoms with Gasteiger partial charge in [0.15, 0.2) is 0 Å². The number of halogens is 2. The minimum absolute atomic E-state index is 0.124. The highest BCUT2D eigenvalue weighted by Gasteiger charge is 2.27. The summed E-state index contributed by atoms with van der Waals surface area (Å²) in [6, 6.07) is 16.4. The van der Waals surface area contributed by atoms with Gasteiger partial charge in [0.05, 0.1) is 6.61 Å². The zero-order valence-electron chi connectivity index (χ0n) is 16.0. The maximum atomic E-state index is 13.0. The lowest BCUT2D eigenvalue weighted by Gasteiger charge is -2.19. The number of rotatable bonds is 7. The molecule has 0 aliphatic rings. The van der Waals surface area contributed by atoms with Gasteiger partial charge in [-0.05, 0) is 37.3 Å². The summed E-state index contributed by atoms with van der Waals surface area (Å²) < 4.78 is 11.0. The van der Waals surface area contributed by atoms with E-state index in [-0.39, 0.29) is 11.4 Å². The van der Waals surface area contributed by atoms with Crippen molar-refractivity contribution in [2.75, 3.05) is 11.9 Å². The molecule has 6 nitrogen and oxygen atoms in total. The van der Waals surface area contributed by atoms with Gasteiger partial charge < -0.3 is 14.8 Å². The number of pyridine rings is 1. The predicted octanol–water partition coefficient (Wildman–Crippen LogP) is 5.32. The Kier molecular flexibility index (Phi) is 7.27. The number of anilines is 1. The number of carbonyl (C=O) groups is 2. The zero-order valence-corrected chi connectivity index (χ0v) is 17.5. The Morgan fingerprint density at radius 2 is 1.73 bits per heavy atom. The first-order valence-corrected chi connectivity index (χ1v) is 9.84. The van der Waals surface area contributed by atoms with Crippen LogP contribution < -0.4 is 10.1 Å². The maximum absolute atomic E-state index is 13.0. The monoisotopic (exact) mass is 444 g/mol. The molecule has 1 atom stereocenters. The second-order valence-corrected chi connectivity index (χ2v) is 7.01. The van der Waals surface area contributed by atoms with Crippen LogP contribution in [0.15, 0.2) is 66.9 Å². The molecule has 8 heteroatoms. The first kappa shape index (κ1) is 21.6. The average molecular weight is 445 g/mol. The molecule has 0 aliphatic heterocycles. The first-order valence-electron chi connectivity index (χ1n) is 9.08. The fraction of sp³-hybridized carbons (Fsp3) is 0.136. The largest absolute Gasteiger partial charge is 0.477 e. The van der Waals surface area contributed by atoms with Gasteiger partial charge in [-0.15, -0.1) is 0 Å². The molecule has 3 aromatic rings. The van der Waals surface area contributed by atoms with Crippen LogP contribution in [0.25, 0.3) is 0 Å². The van der Waals surface area contributed by atoms with Crippen LogP contribution in [0.3, 0.4) is 0 Å².